The fourth-order valence-corrected chi connectivity index (χ4v) is 4.19. The highest BCUT2D eigenvalue weighted by Crippen LogP contribution is 2.26. The molecule has 2 N–H and O–H groups in total. The summed E-state index contributed by atoms with van der Waals surface area (Å²) >= 11 is 1.31. The standard InChI is InChI=1S/C17H20N4O4S2/c1-3-21-15-7-6-13(27(18,23)24)9-14(15)19-17(21)26-11-16(22)20(2)10-12-5-4-8-25-12/h4-9H,3,10-11H2,1-2H3,(H2,18,23,24). The number of carbonyl (C=O) groups is 1. The maximum atomic E-state index is 12.4. The van der Waals surface area contributed by atoms with Gasteiger partial charge in [0.25, 0.3) is 0 Å². The van der Waals surface area contributed by atoms with Gasteiger partial charge in [-0.15, -0.1) is 0 Å². The minimum absolute atomic E-state index is 0.0153. The highest BCUT2D eigenvalue weighted by Gasteiger charge is 2.17. The molecule has 1 aromatic carbocycles. The van der Waals surface area contributed by atoms with Gasteiger partial charge >= 0.3 is 0 Å². The molecule has 144 valence electrons. The molecule has 1 amide bonds. The Morgan fingerprint density at radius 2 is 2.15 bits per heavy atom. The number of nitrogens with two attached hydrogens (primary N) is 1. The lowest BCUT2D eigenvalue weighted by atomic mass is 10.3. The Kier molecular flexibility index (Phi) is 5.59. The average Bonchev–Trinajstić information content (AvgIpc) is 3.24. The zero-order valence-corrected chi connectivity index (χ0v) is 16.6. The van der Waals surface area contributed by atoms with E-state index in [9.17, 15) is 13.2 Å². The molecule has 3 rings (SSSR count). The molecule has 3 aromatic rings. The molecular formula is C17H20N4O4S2. The maximum absolute atomic E-state index is 12.4. The third kappa shape index (κ3) is 4.34. The Labute approximate surface area is 161 Å². The van der Waals surface area contributed by atoms with E-state index in [0.717, 1.165) is 5.52 Å². The summed E-state index contributed by atoms with van der Waals surface area (Å²) < 4.78 is 30.3. The van der Waals surface area contributed by atoms with Gasteiger partial charge in [-0.3, -0.25) is 4.79 Å². The van der Waals surface area contributed by atoms with Crippen LogP contribution >= 0.6 is 11.8 Å². The number of benzene rings is 1. The molecule has 0 radical (unpaired) electrons. The lowest BCUT2D eigenvalue weighted by Gasteiger charge is -2.15. The zero-order valence-electron chi connectivity index (χ0n) is 15.0. The number of nitrogens with zero attached hydrogens (tertiary/aromatic N) is 3. The number of amides is 1. The number of aromatic nitrogens is 2. The number of imidazole rings is 1. The second kappa shape index (κ2) is 7.75. The van der Waals surface area contributed by atoms with Gasteiger partial charge in [0, 0.05) is 13.6 Å². The van der Waals surface area contributed by atoms with E-state index in [0.29, 0.717) is 29.5 Å². The molecule has 0 fully saturated rings. The predicted octanol–water partition coefficient (Wildman–Crippen LogP) is 2.05. The molecule has 10 heteroatoms. The molecule has 27 heavy (non-hydrogen) atoms. The Morgan fingerprint density at radius 3 is 2.78 bits per heavy atom. The van der Waals surface area contributed by atoms with E-state index in [1.165, 1.54) is 23.9 Å². The van der Waals surface area contributed by atoms with E-state index >= 15 is 0 Å². The van der Waals surface area contributed by atoms with Crippen LogP contribution in [0.5, 0.6) is 0 Å². The van der Waals surface area contributed by atoms with Crippen LogP contribution in [-0.4, -0.2) is 41.6 Å². The fraction of sp³-hybridized carbons (Fsp3) is 0.294. The molecule has 2 heterocycles. The van der Waals surface area contributed by atoms with E-state index in [4.69, 9.17) is 9.56 Å². The topological polar surface area (TPSA) is 111 Å². The molecule has 0 aliphatic carbocycles. The summed E-state index contributed by atoms with van der Waals surface area (Å²) in [5, 5.41) is 5.84. The van der Waals surface area contributed by atoms with Crippen molar-refractivity contribution in [3.05, 3.63) is 42.4 Å². The first-order chi connectivity index (χ1) is 12.8. The molecule has 2 aromatic heterocycles. The first-order valence-electron chi connectivity index (χ1n) is 8.22. The maximum Gasteiger partial charge on any atom is 0.238 e. The number of hydrogen-bond donors (Lipinski definition) is 1. The fourth-order valence-electron chi connectivity index (χ4n) is 2.64. The number of sulfonamides is 1. The van der Waals surface area contributed by atoms with Crippen LogP contribution in [0.15, 0.2) is 51.1 Å². The van der Waals surface area contributed by atoms with Crippen molar-refractivity contribution in [2.75, 3.05) is 12.8 Å². The molecule has 0 bridgehead atoms. The van der Waals surface area contributed by atoms with Crippen LogP contribution in [0.3, 0.4) is 0 Å². The molecule has 8 nitrogen and oxygen atoms in total. The first kappa shape index (κ1) is 19.5. The van der Waals surface area contributed by atoms with Gasteiger partial charge in [-0.2, -0.15) is 0 Å². The summed E-state index contributed by atoms with van der Waals surface area (Å²) in [6.45, 7) is 3.00. The van der Waals surface area contributed by atoms with Crippen LogP contribution in [0, 0.1) is 0 Å². The number of thioether (sulfide) groups is 1. The summed E-state index contributed by atoms with van der Waals surface area (Å²) in [7, 11) is -2.08. The molecule has 0 atom stereocenters. The summed E-state index contributed by atoms with van der Waals surface area (Å²) in [5.41, 5.74) is 1.33. The second-order valence-electron chi connectivity index (χ2n) is 5.95. The van der Waals surface area contributed by atoms with Crippen molar-refractivity contribution >= 4 is 38.7 Å². The molecule has 0 unspecified atom stereocenters. The minimum Gasteiger partial charge on any atom is -0.467 e. The second-order valence-corrected chi connectivity index (χ2v) is 8.46. The van der Waals surface area contributed by atoms with Crippen molar-refractivity contribution in [1.29, 1.82) is 0 Å². The summed E-state index contributed by atoms with van der Waals surface area (Å²) in [6, 6.07) is 8.19. The quantitative estimate of drug-likeness (QED) is 0.599. The Balaban J connectivity index is 1.76. The van der Waals surface area contributed by atoms with Gasteiger partial charge in [0.05, 0.1) is 34.5 Å². The van der Waals surface area contributed by atoms with Crippen molar-refractivity contribution in [3.8, 4) is 0 Å². The largest absolute Gasteiger partial charge is 0.467 e. The van der Waals surface area contributed by atoms with E-state index in [-0.39, 0.29) is 16.6 Å². The first-order valence-corrected chi connectivity index (χ1v) is 10.7. The van der Waals surface area contributed by atoms with Crippen molar-refractivity contribution in [2.24, 2.45) is 5.14 Å². The highest BCUT2D eigenvalue weighted by molar-refractivity contribution is 7.99. The van der Waals surface area contributed by atoms with Gasteiger partial charge in [0.15, 0.2) is 5.16 Å². The summed E-state index contributed by atoms with van der Waals surface area (Å²) in [4.78, 5) is 18.5. The highest BCUT2D eigenvalue weighted by atomic mass is 32.2. The molecule has 0 aliphatic heterocycles. The number of fused-ring (bicyclic) bond motifs is 1. The predicted molar refractivity (Wildman–Crippen MR) is 103 cm³/mol. The van der Waals surface area contributed by atoms with Crippen LogP contribution < -0.4 is 5.14 Å². The summed E-state index contributed by atoms with van der Waals surface area (Å²) in [6.07, 6.45) is 1.57. The number of carbonyl (C=O) groups excluding carboxylic acids is 1. The van der Waals surface area contributed by atoms with Gasteiger partial charge < -0.3 is 13.9 Å². The summed E-state index contributed by atoms with van der Waals surface area (Å²) in [5.74, 6) is 0.867. The number of rotatable bonds is 7. The van der Waals surface area contributed by atoms with Gasteiger partial charge in [0.2, 0.25) is 15.9 Å². The van der Waals surface area contributed by atoms with E-state index < -0.39 is 10.0 Å². The van der Waals surface area contributed by atoms with Gasteiger partial charge in [-0.05, 0) is 37.3 Å². The lowest BCUT2D eigenvalue weighted by Crippen LogP contribution is -2.27. The van der Waals surface area contributed by atoms with E-state index in [1.54, 1.807) is 30.3 Å². The number of aryl methyl sites for hydroxylation is 1. The number of hydrogen-bond acceptors (Lipinski definition) is 6. The molecule has 0 saturated carbocycles. The van der Waals surface area contributed by atoms with E-state index in [1.807, 2.05) is 17.6 Å². The van der Waals surface area contributed by atoms with Crippen molar-refractivity contribution in [3.63, 3.8) is 0 Å². The zero-order chi connectivity index (χ0) is 19.6. The molecule has 0 spiro atoms. The normalized spacial score (nSPS) is 11.8. The third-order valence-corrected chi connectivity index (χ3v) is 5.93. The minimum atomic E-state index is -3.79. The van der Waals surface area contributed by atoms with Crippen LogP contribution in [0.2, 0.25) is 0 Å². The van der Waals surface area contributed by atoms with Crippen molar-refractivity contribution < 1.29 is 17.6 Å². The van der Waals surface area contributed by atoms with Gasteiger partial charge in [-0.1, -0.05) is 11.8 Å². The van der Waals surface area contributed by atoms with Gasteiger partial charge in [-0.25, -0.2) is 18.5 Å². The smallest absolute Gasteiger partial charge is 0.238 e. The van der Waals surface area contributed by atoms with Gasteiger partial charge in [0.1, 0.15) is 5.76 Å². The Bertz CT molecular complexity index is 1060. The van der Waals surface area contributed by atoms with Crippen molar-refractivity contribution in [1.82, 2.24) is 14.5 Å². The van der Waals surface area contributed by atoms with Crippen molar-refractivity contribution in [2.45, 2.75) is 30.1 Å². The number of furan rings is 1. The van der Waals surface area contributed by atoms with Crippen LogP contribution in [-0.2, 0) is 27.9 Å². The van der Waals surface area contributed by atoms with Crippen LogP contribution in [0.25, 0.3) is 11.0 Å². The van der Waals surface area contributed by atoms with Crippen LogP contribution in [0.4, 0.5) is 0 Å². The number of primary sulfonamides is 1. The Hall–Kier alpha value is -2.30. The average molecular weight is 409 g/mol. The monoisotopic (exact) mass is 408 g/mol. The Morgan fingerprint density at radius 1 is 1.37 bits per heavy atom. The lowest BCUT2D eigenvalue weighted by molar-refractivity contribution is -0.127. The molecular weight excluding hydrogens is 388 g/mol. The molecule has 0 aliphatic rings. The van der Waals surface area contributed by atoms with Crippen LogP contribution in [0.1, 0.15) is 12.7 Å². The SMILES string of the molecule is CCn1c(SCC(=O)N(C)Cc2ccco2)nc2cc(S(N)(=O)=O)ccc21. The third-order valence-electron chi connectivity index (χ3n) is 4.05. The molecule has 0 saturated heterocycles. The van der Waals surface area contributed by atoms with E-state index in [2.05, 4.69) is 4.98 Å².